The Bertz CT molecular complexity index is 1160. The van der Waals surface area contributed by atoms with Gasteiger partial charge in [-0.3, -0.25) is 4.98 Å². The third kappa shape index (κ3) is 3.52. The number of benzene rings is 2. The molecule has 0 aliphatic carbocycles. The summed E-state index contributed by atoms with van der Waals surface area (Å²) in [5.74, 6) is 0.448. The van der Waals surface area contributed by atoms with E-state index in [4.69, 9.17) is 5.26 Å². The van der Waals surface area contributed by atoms with Gasteiger partial charge in [-0.15, -0.1) is 0 Å². The van der Waals surface area contributed by atoms with Crippen molar-refractivity contribution in [1.82, 2.24) is 14.5 Å². The van der Waals surface area contributed by atoms with Crippen molar-refractivity contribution in [3.8, 4) is 6.07 Å². The summed E-state index contributed by atoms with van der Waals surface area (Å²) >= 11 is 0. The Morgan fingerprint density at radius 1 is 1.04 bits per heavy atom. The van der Waals surface area contributed by atoms with E-state index in [0.717, 1.165) is 11.1 Å². The van der Waals surface area contributed by atoms with Crippen molar-refractivity contribution >= 4 is 28.7 Å². The summed E-state index contributed by atoms with van der Waals surface area (Å²) in [5.41, 5.74) is 3.58. The molecule has 2 heterocycles. The molecule has 4 aromatic rings. The van der Waals surface area contributed by atoms with Crippen LogP contribution in [0.25, 0.3) is 11.0 Å². The molecule has 1 amide bonds. The maximum absolute atomic E-state index is 13.0. The number of imidazole rings is 1. The normalized spacial score (nSPS) is 10.4. The molecule has 7 nitrogen and oxygen atoms in total. The van der Waals surface area contributed by atoms with Crippen LogP contribution in [-0.4, -0.2) is 20.6 Å². The molecule has 0 aliphatic rings. The highest BCUT2D eigenvalue weighted by Crippen LogP contribution is 2.21. The number of nitrogens with zero attached hydrogens (tertiary/aromatic N) is 4. The van der Waals surface area contributed by atoms with Crippen molar-refractivity contribution in [2.24, 2.45) is 0 Å². The summed E-state index contributed by atoms with van der Waals surface area (Å²) in [6, 6.07) is 19.7. The van der Waals surface area contributed by atoms with E-state index in [1.165, 1.54) is 4.57 Å². The second-order valence-electron chi connectivity index (χ2n) is 6.09. The van der Waals surface area contributed by atoms with E-state index >= 15 is 0 Å². The first-order valence-electron chi connectivity index (χ1n) is 8.66. The van der Waals surface area contributed by atoms with E-state index in [2.05, 4.69) is 26.7 Å². The third-order valence-corrected chi connectivity index (χ3v) is 4.23. The number of carbonyl (C=O) groups excluding carboxylic acids is 1. The van der Waals surface area contributed by atoms with Crippen LogP contribution >= 0.6 is 0 Å². The van der Waals surface area contributed by atoms with Crippen LogP contribution < -0.4 is 10.6 Å². The van der Waals surface area contributed by atoms with Gasteiger partial charge < -0.3 is 10.6 Å². The maximum Gasteiger partial charge on any atom is 0.333 e. The van der Waals surface area contributed by atoms with Gasteiger partial charge in [-0.2, -0.15) is 5.26 Å². The van der Waals surface area contributed by atoms with Crippen molar-refractivity contribution in [2.75, 3.05) is 10.6 Å². The second kappa shape index (κ2) is 7.60. The van der Waals surface area contributed by atoms with Crippen molar-refractivity contribution in [3.05, 3.63) is 84.2 Å². The number of hydrogen-bond acceptors (Lipinski definition) is 5. The van der Waals surface area contributed by atoms with Crippen LogP contribution in [-0.2, 0) is 6.54 Å². The molecule has 2 N–H and O–H groups in total. The number of amides is 1. The highest BCUT2D eigenvalue weighted by atomic mass is 16.2. The molecule has 4 rings (SSSR count). The minimum absolute atomic E-state index is 0.337. The fourth-order valence-electron chi connectivity index (χ4n) is 2.84. The average Bonchev–Trinajstić information content (AvgIpc) is 3.12. The Balaban J connectivity index is 1.63. The first-order chi connectivity index (χ1) is 13.7. The summed E-state index contributed by atoms with van der Waals surface area (Å²) in [7, 11) is 0. The number of nitrogens with one attached hydrogen (secondary N) is 2. The predicted octanol–water partition coefficient (Wildman–Crippen LogP) is 4.00. The van der Waals surface area contributed by atoms with Crippen molar-refractivity contribution in [3.63, 3.8) is 0 Å². The molecule has 0 bridgehead atoms. The summed E-state index contributed by atoms with van der Waals surface area (Å²) < 4.78 is 1.51. The lowest BCUT2D eigenvalue weighted by Gasteiger charge is -2.11. The molecular weight excluding hydrogens is 352 g/mol. The van der Waals surface area contributed by atoms with Gasteiger partial charge in [0, 0.05) is 24.6 Å². The molecule has 0 radical (unpaired) electrons. The fraction of sp³-hybridized carbons (Fsp3) is 0.0476. The minimum Gasteiger partial charge on any atom is -0.351 e. The molecule has 2 aromatic heterocycles. The van der Waals surface area contributed by atoms with Crippen LogP contribution in [0.4, 0.5) is 16.4 Å². The molecule has 136 valence electrons. The number of carbonyl (C=O) groups is 1. The summed E-state index contributed by atoms with van der Waals surface area (Å²) in [4.78, 5) is 21.5. The van der Waals surface area contributed by atoms with Crippen molar-refractivity contribution in [1.29, 1.82) is 5.26 Å². The molecule has 0 spiro atoms. The topological polar surface area (TPSA) is 95.6 Å². The fourth-order valence-corrected chi connectivity index (χ4v) is 2.84. The third-order valence-electron chi connectivity index (χ3n) is 4.23. The molecule has 7 heteroatoms. The van der Waals surface area contributed by atoms with E-state index in [9.17, 15) is 4.79 Å². The lowest BCUT2D eigenvalue weighted by atomic mass is 10.2. The van der Waals surface area contributed by atoms with Gasteiger partial charge in [-0.05, 0) is 54.1 Å². The van der Waals surface area contributed by atoms with Crippen LogP contribution in [0.1, 0.15) is 11.1 Å². The highest BCUT2D eigenvalue weighted by Gasteiger charge is 2.16. The zero-order chi connectivity index (χ0) is 19.3. The number of anilines is 2. The largest absolute Gasteiger partial charge is 0.351 e. The van der Waals surface area contributed by atoms with Crippen LogP contribution in [0.15, 0.2) is 73.1 Å². The first kappa shape index (κ1) is 17.2. The average molecular weight is 368 g/mol. The number of aromatic nitrogens is 3. The molecule has 2 aromatic carbocycles. The standard InChI is InChI=1S/C21H16N6O/c22-13-15-5-7-17(8-6-15)25-21(28)27-19-4-2-1-3-18(19)26-20(27)24-14-16-9-11-23-12-10-16/h1-12H,14H2,(H,24,26)(H,25,28). The molecule has 0 aliphatic heterocycles. The maximum atomic E-state index is 13.0. The number of para-hydroxylation sites is 2. The van der Waals surface area contributed by atoms with Gasteiger partial charge in [0.2, 0.25) is 5.95 Å². The lowest BCUT2D eigenvalue weighted by Crippen LogP contribution is -2.21. The highest BCUT2D eigenvalue weighted by molar-refractivity contribution is 5.99. The molecule has 0 fully saturated rings. The number of hydrogen-bond donors (Lipinski definition) is 2. The van der Waals surface area contributed by atoms with Crippen LogP contribution in [0.5, 0.6) is 0 Å². The second-order valence-corrected chi connectivity index (χ2v) is 6.09. The van der Waals surface area contributed by atoms with Crippen LogP contribution in [0.3, 0.4) is 0 Å². The summed E-state index contributed by atoms with van der Waals surface area (Å²) in [6.07, 6.45) is 3.44. The Labute approximate surface area is 161 Å². The smallest absolute Gasteiger partial charge is 0.333 e. The Morgan fingerprint density at radius 2 is 1.79 bits per heavy atom. The van der Waals surface area contributed by atoms with Gasteiger partial charge in [0.25, 0.3) is 0 Å². The summed E-state index contributed by atoms with van der Waals surface area (Å²) in [6.45, 7) is 0.510. The number of pyridine rings is 1. The van der Waals surface area contributed by atoms with Gasteiger partial charge in [0.15, 0.2) is 0 Å². The Hall–Kier alpha value is -4.18. The SMILES string of the molecule is N#Cc1ccc(NC(=O)n2c(NCc3ccncc3)nc3ccccc32)cc1. The van der Waals surface area contributed by atoms with Crippen LogP contribution in [0, 0.1) is 11.3 Å². The van der Waals surface area contributed by atoms with E-state index in [1.807, 2.05) is 36.4 Å². The minimum atomic E-state index is -0.337. The molecular formula is C21H16N6O. The van der Waals surface area contributed by atoms with Gasteiger partial charge in [0.1, 0.15) is 0 Å². The van der Waals surface area contributed by atoms with Gasteiger partial charge in [0.05, 0.1) is 22.7 Å². The van der Waals surface area contributed by atoms with Gasteiger partial charge in [-0.1, -0.05) is 12.1 Å². The van der Waals surface area contributed by atoms with E-state index in [-0.39, 0.29) is 6.03 Å². The summed E-state index contributed by atoms with van der Waals surface area (Å²) in [5, 5.41) is 15.0. The monoisotopic (exact) mass is 368 g/mol. The van der Waals surface area contributed by atoms with Crippen molar-refractivity contribution in [2.45, 2.75) is 6.54 Å². The zero-order valence-corrected chi connectivity index (χ0v) is 14.8. The zero-order valence-electron chi connectivity index (χ0n) is 14.8. The van der Waals surface area contributed by atoms with Crippen molar-refractivity contribution < 1.29 is 4.79 Å². The Kier molecular flexibility index (Phi) is 4.68. The first-order valence-corrected chi connectivity index (χ1v) is 8.66. The lowest BCUT2D eigenvalue weighted by molar-refractivity contribution is 0.254. The number of fused-ring (bicyclic) bond motifs is 1. The Morgan fingerprint density at radius 3 is 2.54 bits per heavy atom. The molecule has 0 saturated carbocycles. The quantitative estimate of drug-likeness (QED) is 0.568. The molecule has 0 atom stereocenters. The predicted molar refractivity (Wildman–Crippen MR) is 107 cm³/mol. The molecule has 0 saturated heterocycles. The van der Waals surface area contributed by atoms with Gasteiger partial charge >= 0.3 is 6.03 Å². The molecule has 28 heavy (non-hydrogen) atoms. The molecule has 0 unspecified atom stereocenters. The van der Waals surface area contributed by atoms with E-state index in [0.29, 0.717) is 29.3 Å². The number of rotatable bonds is 4. The van der Waals surface area contributed by atoms with E-state index < -0.39 is 0 Å². The van der Waals surface area contributed by atoms with Gasteiger partial charge in [-0.25, -0.2) is 14.3 Å². The number of nitriles is 1. The van der Waals surface area contributed by atoms with Crippen LogP contribution in [0.2, 0.25) is 0 Å². The van der Waals surface area contributed by atoms with E-state index in [1.54, 1.807) is 36.7 Å².